The summed E-state index contributed by atoms with van der Waals surface area (Å²) in [6.07, 6.45) is -1.44. The van der Waals surface area contributed by atoms with E-state index in [9.17, 15) is 29.4 Å². The highest BCUT2D eigenvalue weighted by atomic mass is 32.2. The van der Waals surface area contributed by atoms with Crippen LogP contribution in [0.25, 0.3) is 0 Å². The molecule has 28 heavy (non-hydrogen) atoms. The van der Waals surface area contributed by atoms with E-state index >= 15 is 0 Å². The van der Waals surface area contributed by atoms with Crippen LogP contribution in [0.2, 0.25) is 0 Å². The molecule has 2 amide bonds. The van der Waals surface area contributed by atoms with E-state index in [-0.39, 0.29) is 18.1 Å². The summed E-state index contributed by atoms with van der Waals surface area (Å²) in [6.45, 7) is 0.988. The Kier molecular flexibility index (Phi) is 5.71. The molecule has 2 aliphatic rings. The second-order valence-corrected chi connectivity index (χ2v) is 7.35. The number of ether oxygens (including phenoxy) is 1. The molecule has 1 aromatic rings. The van der Waals surface area contributed by atoms with Crippen LogP contribution in [0.3, 0.4) is 0 Å². The van der Waals surface area contributed by atoms with Gasteiger partial charge in [0.2, 0.25) is 0 Å². The van der Waals surface area contributed by atoms with E-state index in [0.717, 1.165) is 4.90 Å². The van der Waals surface area contributed by atoms with Gasteiger partial charge in [-0.15, -0.1) is 11.8 Å². The molecule has 2 aliphatic heterocycles. The highest BCUT2D eigenvalue weighted by Crippen LogP contribution is 2.40. The minimum absolute atomic E-state index is 0.218. The van der Waals surface area contributed by atoms with Crippen molar-refractivity contribution in [2.45, 2.75) is 24.4 Å². The molecule has 0 spiro atoms. The highest BCUT2D eigenvalue weighted by Gasteiger charge is 2.54. The third-order valence-electron chi connectivity index (χ3n) is 4.36. The van der Waals surface area contributed by atoms with Gasteiger partial charge in [-0.05, 0) is 5.56 Å². The van der Waals surface area contributed by atoms with Gasteiger partial charge in [0.25, 0.3) is 11.8 Å². The van der Waals surface area contributed by atoms with Crippen molar-refractivity contribution < 1.29 is 34.1 Å². The largest absolute Gasteiger partial charge is 0.477 e. The molecule has 1 unspecified atom stereocenters. The number of nitrogens with zero attached hydrogens (tertiary/aromatic N) is 1. The number of benzene rings is 1. The summed E-state index contributed by atoms with van der Waals surface area (Å²) in [5, 5.41) is 21.5. The fourth-order valence-electron chi connectivity index (χ4n) is 3.00. The lowest BCUT2D eigenvalue weighted by Gasteiger charge is -2.49. The Labute approximate surface area is 164 Å². The monoisotopic (exact) mass is 406 g/mol. The molecule has 0 saturated carbocycles. The predicted octanol–water partition coefficient (Wildman–Crippen LogP) is 0.0217. The number of nitrogens with one attached hydrogen (secondary N) is 1. The molecule has 0 aromatic heterocycles. The average Bonchev–Trinajstić information content (AvgIpc) is 2.69. The minimum Gasteiger partial charge on any atom is -0.477 e. The second-order valence-electron chi connectivity index (χ2n) is 6.25. The molecule has 9 nitrogen and oxygen atoms in total. The van der Waals surface area contributed by atoms with E-state index in [1.165, 1.54) is 18.7 Å². The molecule has 2 heterocycles. The Morgan fingerprint density at radius 1 is 1.32 bits per heavy atom. The van der Waals surface area contributed by atoms with Crippen molar-refractivity contribution >= 4 is 35.5 Å². The van der Waals surface area contributed by atoms with E-state index in [1.54, 1.807) is 30.3 Å². The van der Waals surface area contributed by atoms with Crippen LogP contribution >= 0.6 is 11.8 Å². The van der Waals surface area contributed by atoms with Crippen LogP contribution in [-0.2, 0) is 23.9 Å². The number of hydrogen-bond donors (Lipinski definition) is 3. The fourth-order valence-corrected chi connectivity index (χ4v) is 4.33. The van der Waals surface area contributed by atoms with Crippen LogP contribution in [0, 0.1) is 0 Å². The summed E-state index contributed by atoms with van der Waals surface area (Å²) in [4.78, 5) is 48.5. The number of fused-ring (bicyclic) bond motifs is 1. The number of esters is 1. The lowest BCUT2D eigenvalue weighted by atomic mass is 10.0. The van der Waals surface area contributed by atoms with Crippen LogP contribution in [0.4, 0.5) is 0 Å². The quantitative estimate of drug-likeness (QED) is 0.445. The van der Waals surface area contributed by atoms with E-state index in [0.29, 0.717) is 11.1 Å². The number of hydrogen-bond acceptors (Lipinski definition) is 7. The number of rotatable bonds is 6. The Morgan fingerprint density at radius 3 is 2.61 bits per heavy atom. The number of thioether (sulfide) groups is 1. The standard InChI is InChI=1S/C18H18N2O7S/c1-9(21)27-7-11-8-28-17-12(16(24)20(17)13(11)18(25)26)19-15(23)14(22)10-5-3-2-4-6-10/h2-6,12,14,17,22H,7-8H2,1H3,(H,19,23)(H,25,26)/t12-,14-,17?/m1/s1. The van der Waals surface area contributed by atoms with Gasteiger partial charge >= 0.3 is 11.9 Å². The molecule has 1 fully saturated rings. The zero-order valence-corrected chi connectivity index (χ0v) is 15.6. The summed E-state index contributed by atoms with van der Waals surface area (Å²) < 4.78 is 4.86. The maximum Gasteiger partial charge on any atom is 0.352 e. The first-order chi connectivity index (χ1) is 13.3. The zero-order valence-electron chi connectivity index (χ0n) is 14.8. The number of carboxylic acids is 1. The fraction of sp³-hybridized carbons (Fsp3) is 0.333. The predicted molar refractivity (Wildman–Crippen MR) is 97.7 cm³/mol. The number of aliphatic hydroxyl groups excluding tert-OH is 1. The van der Waals surface area contributed by atoms with Crippen LogP contribution in [0.1, 0.15) is 18.6 Å². The number of carboxylic acid groups (broad SMARTS) is 1. The Morgan fingerprint density at radius 2 is 2.00 bits per heavy atom. The molecule has 1 aromatic carbocycles. The van der Waals surface area contributed by atoms with Crippen LogP contribution in [-0.4, -0.2) is 62.6 Å². The maximum absolute atomic E-state index is 12.5. The smallest absolute Gasteiger partial charge is 0.352 e. The molecule has 0 bridgehead atoms. The van der Waals surface area contributed by atoms with Crippen LogP contribution < -0.4 is 5.32 Å². The van der Waals surface area contributed by atoms with Gasteiger partial charge in [0.1, 0.15) is 23.7 Å². The maximum atomic E-state index is 12.5. The Hall–Kier alpha value is -2.85. The highest BCUT2D eigenvalue weighted by molar-refractivity contribution is 8.00. The van der Waals surface area contributed by atoms with Gasteiger partial charge in [0.15, 0.2) is 6.10 Å². The molecular weight excluding hydrogens is 388 g/mol. The van der Waals surface area contributed by atoms with Crippen molar-refractivity contribution in [3.8, 4) is 0 Å². The summed E-state index contributed by atoms with van der Waals surface area (Å²) in [5.41, 5.74) is 0.463. The van der Waals surface area contributed by atoms with Crippen molar-refractivity contribution in [1.29, 1.82) is 0 Å². The van der Waals surface area contributed by atoms with Crippen LogP contribution in [0.5, 0.6) is 0 Å². The van der Waals surface area contributed by atoms with Crippen molar-refractivity contribution in [3.63, 3.8) is 0 Å². The Balaban J connectivity index is 1.72. The first-order valence-electron chi connectivity index (χ1n) is 8.38. The number of aliphatic hydroxyl groups is 1. The number of carbonyl (C=O) groups excluding carboxylic acids is 3. The molecule has 0 aliphatic carbocycles. The van der Waals surface area contributed by atoms with Gasteiger partial charge in [-0.1, -0.05) is 30.3 Å². The zero-order chi connectivity index (χ0) is 20.4. The van der Waals surface area contributed by atoms with Crippen molar-refractivity contribution in [2.24, 2.45) is 0 Å². The van der Waals surface area contributed by atoms with E-state index in [2.05, 4.69) is 5.32 Å². The molecule has 1 saturated heterocycles. The van der Waals surface area contributed by atoms with Gasteiger partial charge in [0, 0.05) is 18.2 Å². The molecular formula is C18H18N2O7S. The first kappa shape index (κ1) is 19.9. The van der Waals surface area contributed by atoms with Gasteiger partial charge in [0.05, 0.1) is 0 Å². The molecule has 3 atom stereocenters. The SMILES string of the molecule is CC(=O)OCC1=C(C(=O)O)N2C(=O)[C@@H](NC(=O)[C@H](O)c3ccccc3)C2SC1. The van der Waals surface area contributed by atoms with E-state index in [1.807, 2.05) is 0 Å². The summed E-state index contributed by atoms with van der Waals surface area (Å²) >= 11 is 1.25. The second kappa shape index (κ2) is 8.03. The third-order valence-corrected chi connectivity index (χ3v) is 5.70. The van der Waals surface area contributed by atoms with Crippen molar-refractivity contribution in [1.82, 2.24) is 10.2 Å². The number of β-lactam (4-membered cyclic amide) rings is 1. The van der Waals surface area contributed by atoms with Gasteiger partial charge in [-0.3, -0.25) is 19.3 Å². The molecule has 3 rings (SSSR count). The summed E-state index contributed by atoms with van der Waals surface area (Å²) in [7, 11) is 0. The van der Waals surface area contributed by atoms with Gasteiger partial charge < -0.3 is 20.3 Å². The molecule has 148 valence electrons. The van der Waals surface area contributed by atoms with E-state index < -0.39 is 41.3 Å². The lowest BCUT2D eigenvalue weighted by Crippen LogP contribution is -2.71. The van der Waals surface area contributed by atoms with E-state index in [4.69, 9.17) is 4.74 Å². The van der Waals surface area contributed by atoms with Gasteiger partial charge in [-0.2, -0.15) is 0 Å². The normalized spacial score (nSPS) is 22.1. The first-order valence-corrected chi connectivity index (χ1v) is 9.43. The summed E-state index contributed by atoms with van der Waals surface area (Å²) in [6, 6.07) is 7.32. The van der Waals surface area contributed by atoms with Crippen LogP contribution in [0.15, 0.2) is 41.6 Å². The molecule has 10 heteroatoms. The molecule has 0 radical (unpaired) electrons. The number of carbonyl (C=O) groups is 4. The Bertz CT molecular complexity index is 855. The van der Waals surface area contributed by atoms with Gasteiger partial charge in [-0.25, -0.2) is 4.79 Å². The average molecular weight is 406 g/mol. The molecule has 3 N–H and O–H groups in total. The van der Waals surface area contributed by atoms with Crippen molar-refractivity contribution in [2.75, 3.05) is 12.4 Å². The third kappa shape index (κ3) is 3.73. The minimum atomic E-state index is -1.44. The number of aliphatic carboxylic acids is 1. The topological polar surface area (TPSA) is 133 Å². The number of amides is 2. The summed E-state index contributed by atoms with van der Waals surface area (Å²) in [5.74, 6) is -2.97. The van der Waals surface area contributed by atoms with Crippen molar-refractivity contribution in [3.05, 3.63) is 47.2 Å². The lowest BCUT2D eigenvalue weighted by molar-refractivity contribution is -0.152.